The molecule has 0 saturated carbocycles. The largest absolute Gasteiger partial charge is 0.445 e. The molecule has 9 nitrogen and oxygen atoms in total. The van der Waals surface area contributed by atoms with Gasteiger partial charge in [-0.1, -0.05) is 42.5 Å². The van der Waals surface area contributed by atoms with Crippen LogP contribution in [0.15, 0.2) is 60.8 Å². The lowest BCUT2D eigenvalue weighted by molar-refractivity contribution is -0.117. The summed E-state index contributed by atoms with van der Waals surface area (Å²) < 4.78 is 28.7. The van der Waals surface area contributed by atoms with Gasteiger partial charge in [0.25, 0.3) is 5.70 Å². The number of hydrogen-bond acceptors (Lipinski definition) is 6. The molecule has 3 rings (SSSR count). The van der Waals surface area contributed by atoms with Crippen LogP contribution >= 0.6 is 0 Å². The van der Waals surface area contributed by atoms with Crippen molar-refractivity contribution in [1.29, 1.82) is 0 Å². The third kappa shape index (κ3) is 8.45. The minimum absolute atomic E-state index is 0.0293. The molecule has 2 N–H and O–H groups in total. The molecule has 10 heteroatoms. The van der Waals surface area contributed by atoms with Crippen LogP contribution in [-0.2, 0) is 24.9 Å². The minimum Gasteiger partial charge on any atom is -0.445 e. The molecule has 0 spiro atoms. The number of carbonyl (C=O) groups is 2. The van der Waals surface area contributed by atoms with Gasteiger partial charge in [-0.25, -0.2) is 18.1 Å². The van der Waals surface area contributed by atoms with E-state index in [9.17, 15) is 18.0 Å². The van der Waals surface area contributed by atoms with E-state index in [1.165, 1.54) is 6.08 Å². The van der Waals surface area contributed by atoms with E-state index in [1.807, 2.05) is 62.1 Å². The van der Waals surface area contributed by atoms with E-state index in [2.05, 4.69) is 22.1 Å². The number of nitrogens with one attached hydrogen (secondary N) is 2. The molecule has 1 unspecified atom stereocenters. The summed E-state index contributed by atoms with van der Waals surface area (Å²) in [6.07, 6.45) is 0.216. The highest BCUT2D eigenvalue weighted by Crippen LogP contribution is 2.24. The smallest absolute Gasteiger partial charge is 0.408 e. The lowest BCUT2D eigenvalue weighted by Gasteiger charge is -2.28. The zero-order chi connectivity index (χ0) is 29.5. The molecule has 0 aromatic heterocycles. The average molecular weight is 565 g/mol. The number of ether oxygens (including phenoxy) is 1. The Bertz CT molecular complexity index is 1430. The highest BCUT2D eigenvalue weighted by Gasteiger charge is 2.25. The summed E-state index contributed by atoms with van der Waals surface area (Å²) in [6, 6.07) is 15.0. The summed E-state index contributed by atoms with van der Waals surface area (Å²) in [5.41, 5.74) is 3.55. The molecule has 1 atom stereocenters. The maximum absolute atomic E-state index is 12.6. The van der Waals surface area contributed by atoms with E-state index in [0.29, 0.717) is 18.7 Å². The minimum atomic E-state index is -2.97. The Balaban J connectivity index is 1.52. The molecular weight excluding hydrogens is 528 g/mol. The topological polar surface area (TPSA) is 109 Å². The Hall–Kier alpha value is -4.10. The summed E-state index contributed by atoms with van der Waals surface area (Å²) in [5.74, 6) is -0.323. The van der Waals surface area contributed by atoms with Crippen LogP contribution in [0, 0.1) is 6.57 Å². The van der Waals surface area contributed by atoms with Crippen LogP contribution in [0.2, 0.25) is 0 Å². The third-order valence-electron chi connectivity index (χ3n) is 6.61. The van der Waals surface area contributed by atoms with E-state index < -0.39 is 33.5 Å². The molecule has 0 radical (unpaired) electrons. The van der Waals surface area contributed by atoms with Crippen molar-refractivity contribution in [1.82, 2.24) is 10.6 Å². The summed E-state index contributed by atoms with van der Waals surface area (Å²) in [5, 5.41) is 5.50. The predicted octanol–water partition coefficient (Wildman–Crippen LogP) is 4.38. The van der Waals surface area contributed by atoms with Crippen molar-refractivity contribution in [2.45, 2.75) is 39.3 Å². The first kappa shape index (κ1) is 30.4. The van der Waals surface area contributed by atoms with Gasteiger partial charge in [-0.3, -0.25) is 4.79 Å². The highest BCUT2D eigenvalue weighted by atomic mass is 32.2. The molecule has 2 aromatic carbocycles. The standard InChI is InChI=1S/C30H36N4O5S/c1-21(2)24-8-7-9-25(19-24)30(4,5)33-29(36)39-22(3)20-32-28(35)27(31-6)18-23-10-12-26(13-11-23)34-14-16-40(37,38)17-15-34/h7-13,18-19,22H,1,14-17,20H2,2-5H3,(H,32,35)(H,33,36). The fraction of sp³-hybridized carbons (Fsp3) is 0.367. The monoisotopic (exact) mass is 564 g/mol. The second-order valence-corrected chi connectivity index (χ2v) is 12.7. The van der Waals surface area contributed by atoms with Crippen molar-refractivity contribution < 1.29 is 22.7 Å². The van der Waals surface area contributed by atoms with Crippen molar-refractivity contribution >= 4 is 39.2 Å². The zero-order valence-corrected chi connectivity index (χ0v) is 24.2. The van der Waals surface area contributed by atoms with E-state index in [-0.39, 0.29) is 23.7 Å². The molecule has 1 aliphatic rings. The van der Waals surface area contributed by atoms with Crippen LogP contribution in [0.4, 0.5) is 10.5 Å². The van der Waals surface area contributed by atoms with Crippen molar-refractivity contribution in [2.24, 2.45) is 0 Å². The number of anilines is 1. The lowest BCUT2D eigenvalue weighted by atomic mass is 9.92. The molecule has 1 heterocycles. The Morgan fingerprint density at radius 2 is 1.82 bits per heavy atom. The second kappa shape index (κ2) is 12.8. The zero-order valence-electron chi connectivity index (χ0n) is 23.4. The molecular formula is C30H36N4O5S. The second-order valence-electron chi connectivity index (χ2n) is 10.4. The molecule has 0 bridgehead atoms. The van der Waals surface area contributed by atoms with Crippen molar-refractivity contribution in [2.75, 3.05) is 36.0 Å². The maximum Gasteiger partial charge on any atom is 0.408 e. The predicted molar refractivity (Wildman–Crippen MR) is 158 cm³/mol. The van der Waals surface area contributed by atoms with Crippen molar-refractivity contribution in [3.8, 4) is 0 Å². The van der Waals surface area contributed by atoms with Gasteiger partial charge in [0.15, 0.2) is 9.84 Å². The lowest BCUT2D eigenvalue weighted by Crippen LogP contribution is -2.43. The number of sulfone groups is 1. The third-order valence-corrected chi connectivity index (χ3v) is 8.22. The van der Waals surface area contributed by atoms with E-state index >= 15 is 0 Å². The Kier molecular flexibility index (Phi) is 9.77. The summed E-state index contributed by atoms with van der Waals surface area (Å²) in [7, 11) is -2.97. The Labute approximate surface area is 236 Å². The van der Waals surface area contributed by atoms with Gasteiger partial charge in [-0.2, -0.15) is 0 Å². The molecule has 40 heavy (non-hydrogen) atoms. The molecule has 1 fully saturated rings. The van der Waals surface area contributed by atoms with E-state index in [0.717, 1.165) is 22.4 Å². The number of allylic oxidation sites excluding steroid dienone is 1. The molecule has 1 saturated heterocycles. The van der Waals surface area contributed by atoms with Crippen LogP contribution in [0.5, 0.6) is 0 Å². The fourth-order valence-corrected chi connectivity index (χ4v) is 5.34. The number of hydrogen-bond donors (Lipinski definition) is 2. The number of carbonyl (C=O) groups excluding carboxylic acids is 2. The van der Waals surface area contributed by atoms with Crippen molar-refractivity contribution in [3.05, 3.63) is 88.9 Å². The molecule has 212 valence electrons. The summed E-state index contributed by atoms with van der Waals surface area (Å²) in [6.45, 7) is 19.6. The molecule has 0 aliphatic carbocycles. The van der Waals surface area contributed by atoms with Gasteiger partial charge in [-0.05, 0) is 68.7 Å². The molecule has 1 aliphatic heterocycles. The average Bonchev–Trinajstić information content (AvgIpc) is 2.90. The Morgan fingerprint density at radius 1 is 1.18 bits per heavy atom. The van der Waals surface area contributed by atoms with Gasteiger partial charge >= 0.3 is 6.09 Å². The van der Waals surface area contributed by atoms with Gasteiger partial charge in [-0.15, -0.1) is 0 Å². The first-order valence-electron chi connectivity index (χ1n) is 13.0. The fourth-order valence-electron chi connectivity index (χ4n) is 4.14. The number of alkyl carbamates (subject to hydrolysis) is 1. The number of amides is 2. The van der Waals surface area contributed by atoms with Gasteiger partial charge < -0.3 is 20.3 Å². The van der Waals surface area contributed by atoms with E-state index in [1.54, 1.807) is 19.1 Å². The van der Waals surface area contributed by atoms with Crippen LogP contribution < -0.4 is 15.5 Å². The number of rotatable bonds is 9. The normalized spacial score (nSPS) is 15.9. The van der Waals surface area contributed by atoms with Crippen molar-refractivity contribution in [3.63, 3.8) is 0 Å². The first-order valence-corrected chi connectivity index (χ1v) is 14.8. The van der Waals surface area contributed by atoms with Gasteiger partial charge in [0.2, 0.25) is 5.91 Å². The first-order chi connectivity index (χ1) is 18.8. The SMILES string of the molecule is [C-]#[N+]C(=Cc1ccc(N2CCS(=O)(=O)CC2)cc1)C(=O)NCC(C)OC(=O)NC(C)(C)c1cccc(C(=C)C)c1. The summed E-state index contributed by atoms with van der Waals surface area (Å²) in [4.78, 5) is 30.5. The Morgan fingerprint density at radius 3 is 2.42 bits per heavy atom. The van der Waals surface area contributed by atoms with Crippen LogP contribution in [0.25, 0.3) is 16.5 Å². The quantitative estimate of drug-likeness (QED) is 0.346. The molecule has 2 aromatic rings. The maximum atomic E-state index is 12.6. The van der Waals surface area contributed by atoms with Gasteiger partial charge in [0.05, 0.1) is 30.2 Å². The van der Waals surface area contributed by atoms with Gasteiger partial charge in [0, 0.05) is 18.8 Å². The highest BCUT2D eigenvalue weighted by molar-refractivity contribution is 7.91. The summed E-state index contributed by atoms with van der Waals surface area (Å²) >= 11 is 0. The van der Waals surface area contributed by atoms with Crippen LogP contribution in [0.3, 0.4) is 0 Å². The van der Waals surface area contributed by atoms with Gasteiger partial charge in [0.1, 0.15) is 6.10 Å². The number of nitrogens with zero attached hydrogens (tertiary/aromatic N) is 2. The number of benzene rings is 2. The van der Waals surface area contributed by atoms with E-state index in [4.69, 9.17) is 11.3 Å². The molecule has 2 amide bonds. The van der Waals surface area contributed by atoms with Crippen LogP contribution in [0.1, 0.15) is 44.4 Å². The van der Waals surface area contributed by atoms with Crippen LogP contribution in [-0.4, -0.2) is 57.7 Å².